The first-order valence-electron chi connectivity index (χ1n) is 21.3. The zero-order valence-electron chi connectivity index (χ0n) is 36.4. The molecule has 0 atom stereocenters. The van der Waals surface area contributed by atoms with Crippen LogP contribution in [0.5, 0.6) is 5.75 Å². The van der Waals surface area contributed by atoms with Crippen LogP contribution in [-0.4, -0.2) is 5.97 Å². The topological polar surface area (TPSA) is 26.3 Å². The number of hydrogen-bond acceptors (Lipinski definition) is 2. The summed E-state index contributed by atoms with van der Waals surface area (Å²) < 4.78 is 5.95. The summed E-state index contributed by atoms with van der Waals surface area (Å²) >= 11 is 0. The van der Waals surface area contributed by atoms with Gasteiger partial charge in [0.15, 0.2) is 0 Å². The maximum Gasteiger partial charge on any atom is 0.308 e. The fraction of sp³-hybridized carbons (Fsp3) is 0.169. The van der Waals surface area contributed by atoms with Crippen molar-refractivity contribution in [1.29, 1.82) is 0 Å². The number of ether oxygens (including phenoxy) is 1. The summed E-state index contributed by atoms with van der Waals surface area (Å²) in [4.78, 5) is 12.3. The van der Waals surface area contributed by atoms with Gasteiger partial charge in [-0.1, -0.05) is 224 Å². The third-order valence-electron chi connectivity index (χ3n) is 11.9. The molecule has 0 radical (unpaired) electrons. The molecule has 0 saturated heterocycles. The van der Waals surface area contributed by atoms with Gasteiger partial charge in [-0.15, -0.1) is 0 Å². The maximum atomic E-state index is 12.3. The summed E-state index contributed by atoms with van der Waals surface area (Å²) in [7, 11) is 0. The van der Waals surface area contributed by atoms with E-state index in [2.05, 4.69) is 242 Å². The van der Waals surface area contributed by atoms with Crippen molar-refractivity contribution in [3.63, 3.8) is 0 Å². The van der Waals surface area contributed by atoms with Crippen LogP contribution in [0.3, 0.4) is 0 Å². The Kier molecular flexibility index (Phi) is 11.2. The molecule has 8 rings (SSSR count). The predicted octanol–water partition coefficient (Wildman–Crippen LogP) is 15.3. The summed E-state index contributed by atoms with van der Waals surface area (Å²) in [5, 5.41) is 0. The van der Waals surface area contributed by atoms with E-state index in [0.29, 0.717) is 5.75 Å². The Morgan fingerprint density at radius 2 is 0.721 bits per heavy atom. The van der Waals surface area contributed by atoms with Gasteiger partial charge in [0.25, 0.3) is 0 Å². The van der Waals surface area contributed by atoms with Gasteiger partial charge in [0.1, 0.15) is 5.75 Å². The Labute approximate surface area is 362 Å². The lowest BCUT2D eigenvalue weighted by Crippen LogP contribution is -2.30. The van der Waals surface area contributed by atoms with E-state index in [1.54, 1.807) is 0 Å². The van der Waals surface area contributed by atoms with Crippen LogP contribution in [0.25, 0.3) is 44.5 Å². The second-order valence-electron chi connectivity index (χ2n) is 18.1. The molecule has 8 aromatic carbocycles. The molecular weight excluding hydrogens is 741 g/mol. The lowest BCUT2D eigenvalue weighted by molar-refractivity contribution is -0.132. The molecule has 0 fully saturated rings. The molecule has 0 amide bonds. The first-order valence-corrected chi connectivity index (χ1v) is 21.3. The molecule has 0 saturated carbocycles. The van der Waals surface area contributed by atoms with Crippen LogP contribution in [0.4, 0.5) is 0 Å². The molecule has 61 heavy (non-hydrogen) atoms. The first-order chi connectivity index (χ1) is 29.3. The van der Waals surface area contributed by atoms with Crippen LogP contribution < -0.4 is 4.74 Å². The average molecular weight is 795 g/mol. The van der Waals surface area contributed by atoms with Crippen LogP contribution in [0.2, 0.25) is 0 Å². The van der Waals surface area contributed by atoms with Crippen molar-refractivity contribution in [3.8, 4) is 50.3 Å². The zero-order valence-corrected chi connectivity index (χ0v) is 36.4. The fourth-order valence-electron chi connectivity index (χ4n) is 8.81. The number of rotatable bonds is 9. The first kappa shape index (κ1) is 41.0. The quantitative estimate of drug-likeness (QED) is 0.0826. The molecule has 0 spiro atoms. The highest BCUT2D eigenvalue weighted by Crippen LogP contribution is 2.47. The molecular formula is C59H54O2. The molecule has 2 heteroatoms. The van der Waals surface area contributed by atoms with Gasteiger partial charge in [-0.3, -0.25) is 4.79 Å². The van der Waals surface area contributed by atoms with Crippen molar-refractivity contribution in [2.45, 2.75) is 64.7 Å². The average Bonchev–Trinajstić information content (AvgIpc) is 3.27. The Balaban J connectivity index is 1.23. The van der Waals surface area contributed by atoms with E-state index < -0.39 is 5.41 Å². The molecule has 0 N–H and O–H groups in total. The second-order valence-corrected chi connectivity index (χ2v) is 18.1. The molecule has 8 aromatic rings. The van der Waals surface area contributed by atoms with E-state index in [0.717, 1.165) is 38.9 Å². The van der Waals surface area contributed by atoms with E-state index in [1.807, 2.05) is 0 Å². The van der Waals surface area contributed by atoms with Gasteiger partial charge in [-0.25, -0.2) is 0 Å². The van der Waals surface area contributed by atoms with Crippen LogP contribution in [0.15, 0.2) is 200 Å². The Bertz CT molecular complexity index is 2620. The SMILES string of the molecule is CC(=O)Oc1c(C(C)(C)C)cc(-c2ccc(-c3cc(-c4ccc(C(c5ccccc5)(c5ccccc5)c5ccccc5)cc4)ccc3-c3ccccc3)cc2)cc1C(C)(C)C. The number of hydrogen-bond donors (Lipinski definition) is 0. The Morgan fingerprint density at radius 3 is 1.16 bits per heavy atom. The molecule has 2 nitrogen and oxygen atoms in total. The number of carbonyl (C=O) groups is 1. The van der Waals surface area contributed by atoms with Gasteiger partial charge in [0.05, 0.1) is 5.41 Å². The summed E-state index contributed by atoms with van der Waals surface area (Å²) in [5.41, 5.74) is 15.1. The smallest absolute Gasteiger partial charge is 0.308 e. The van der Waals surface area contributed by atoms with Gasteiger partial charge >= 0.3 is 5.97 Å². The number of carbonyl (C=O) groups excluding carboxylic acids is 1. The number of esters is 1. The van der Waals surface area contributed by atoms with E-state index in [1.165, 1.54) is 45.9 Å². The summed E-state index contributed by atoms with van der Waals surface area (Å²) in [6.45, 7) is 14.5. The standard InChI is InChI=1S/C59H54O2/c1-41(60)61-56-54(57(2,3)4)39-47(40-55(56)58(5,6)7)43-28-30-45(31-29-43)53-38-46(34-37-52(53)44-20-12-8-13-21-44)42-32-35-51(36-33-42)59(48-22-14-9-15-23-48,49-24-16-10-17-25-49)50-26-18-11-19-27-50/h8-40H,1-7H3. The van der Waals surface area contributed by atoms with Crippen molar-refractivity contribution in [2.75, 3.05) is 0 Å². The van der Waals surface area contributed by atoms with Crippen molar-refractivity contribution >= 4 is 5.97 Å². The largest absolute Gasteiger partial charge is 0.426 e. The van der Waals surface area contributed by atoms with E-state index in [9.17, 15) is 4.79 Å². The Hall–Kier alpha value is -6.77. The summed E-state index contributed by atoms with van der Waals surface area (Å²) in [5.74, 6) is 0.372. The molecule has 0 heterocycles. The highest BCUT2D eigenvalue weighted by Gasteiger charge is 2.38. The van der Waals surface area contributed by atoms with Gasteiger partial charge < -0.3 is 4.74 Å². The van der Waals surface area contributed by atoms with E-state index in [-0.39, 0.29) is 16.8 Å². The fourth-order valence-corrected chi connectivity index (χ4v) is 8.81. The van der Waals surface area contributed by atoms with Gasteiger partial charge in [0, 0.05) is 18.1 Å². The molecule has 302 valence electrons. The molecule has 0 aliphatic heterocycles. The minimum absolute atomic E-state index is 0.240. The van der Waals surface area contributed by atoms with Crippen molar-refractivity contribution in [1.82, 2.24) is 0 Å². The highest BCUT2D eigenvalue weighted by molar-refractivity contribution is 5.88. The lowest BCUT2D eigenvalue weighted by Gasteiger charge is -2.37. The van der Waals surface area contributed by atoms with E-state index in [4.69, 9.17) is 4.74 Å². The van der Waals surface area contributed by atoms with Crippen molar-refractivity contribution in [2.24, 2.45) is 0 Å². The maximum absolute atomic E-state index is 12.3. The van der Waals surface area contributed by atoms with Crippen molar-refractivity contribution in [3.05, 3.63) is 234 Å². The summed E-state index contributed by atoms with van der Waals surface area (Å²) in [6.07, 6.45) is 0. The normalized spacial score (nSPS) is 11.9. The highest BCUT2D eigenvalue weighted by atomic mass is 16.5. The minimum Gasteiger partial charge on any atom is -0.426 e. The predicted molar refractivity (Wildman–Crippen MR) is 255 cm³/mol. The lowest BCUT2D eigenvalue weighted by atomic mass is 9.65. The van der Waals surface area contributed by atoms with E-state index >= 15 is 0 Å². The van der Waals surface area contributed by atoms with Gasteiger partial charge in [-0.2, -0.15) is 0 Å². The molecule has 0 aliphatic carbocycles. The monoisotopic (exact) mass is 794 g/mol. The molecule has 0 aliphatic rings. The van der Waals surface area contributed by atoms with Crippen LogP contribution in [0, 0.1) is 0 Å². The van der Waals surface area contributed by atoms with Gasteiger partial charge in [-0.05, 0) is 95.8 Å². The number of benzene rings is 8. The van der Waals surface area contributed by atoms with Crippen molar-refractivity contribution < 1.29 is 9.53 Å². The Morgan fingerprint density at radius 1 is 0.361 bits per heavy atom. The molecule has 0 bridgehead atoms. The third-order valence-corrected chi connectivity index (χ3v) is 11.9. The van der Waals surface area contributed by atoms with Crippen LogP contribution >= 0.6 is 0 Å². The minimum atomic E-state index is -0.506. The molecule has 0 aromatic heterocycles. The van der Waals surface area contributed by atoms with Crippen LogP contribution in [0.1, 0.15) is 81.8 Å². The van der Waals surface area contributed by atoms with Gasteiger partial charge in [0.2, 0.25) is 0 Å². The third kappa shape index (κ3) is 8.24. The summed E-state index contributed by atoms with van der Waals surface area (Å²) in [6, 6.07) is 72.6. The zero-order chi connectivity index (χ0) is 42.8. The second kappa shape index (κ2) is 16.7. The molecule has 0 unspecified atom stereocenters. The van der Waals surface area contributed by atoms with Crippen LogP contribution in [-0.2, 0) is 21.0 Å².